The summed E-state index contributed by atoms with van der Waals surface area (Å²) in [6.07, 6.45) is 1.74. The van der Waals surface area contributed by atoms with E-state index in [0.29, 0.717) is 5.69 Å². The minimum atomic E-state index is -0.0584. The lowest BCUT2D eigenvalue weighted by atomic mass is 10.3. The van der Waals surface area contributed by atoms with Gasteiger partial charge in [0.05, 0.1) is 0 Å². The second-order valence-corrected chi connectivity index (χ2v) is 4.35. The molecule has 0 bridgehead atoms. The zero-order chi connectivity index (χ0) is 11.5. The van der Waals surface area contributed by atoms with Crippen LogP contribution in [0.25, 0.3) is 0 Å². The van der Waals surface area contributed by atoms with E-state index in [9.17, 15) is 4.79 Å². The van der Waals surface area contributed by atoms with Crippen LogP contribution >= 0.6 is 15.9 Å². The molecule has 1 N–H and O–H groups in total. The molecular weight excluding hydrogens is 268 g/mol. The Kier molecular flexibility index (Phi) is 3.10. The number of carbonyl (C=O) groups is 1. The predicted molar refractivity (Wildman–Crippen MR) is 67.7 cm³/mol. The number of rotatable bonds is 2. The number of carbonyl (C=O) groups excluding carboxylic acids is 1. The Morgan fingerprint density at radius 2 is 2.00 bits per heavy atom. The Labute approximate surface area is 102 Å². The number of H-pyrrole nitrogens is 1. The molecular formula is C12H11BrN2O. The van der Waals surface area contributed by atoms with Crippen molar-refractivity contribution in [2.45, 2.75) is 0 Å². The maximum absolute atomic E-state index is 12.0. The summed E-state index contributed by atoms with van der Waals surface area (Å²) in [5, 5.41) is 0. The molecule has 0 atom stereocenters. The zero-order valence-electron chi connectivity index (χ0n) is 8.77. The summed E-state index contributed by atoms with van der Waals surface area (Å²) in [7, 11) is 1.76. The molecule has 0 aliphatic carbocycles. The average molecular weight is 279 g/mol. The number of benzene rings is 1. The first-order valence-corrected chi connectivity index (χ1v) is 5.65. The van der Waals surface area contributed by atoms with E-state index in [4.69, 9.17) is 0 Å². The summed E-state index contributed by atoms with van der Waals surface area (Å²) in [4.78, 5) is 16.6. The molecule has 0 radical (unpaired) electrons. The van der Waals surface area contributed by atoms with Gasteiger partial charge >= 0.3 is 0 Å². The van der Waals surface area contributed by atoms with E-state index in [2.05, 4.69) is 20.9 Å². The highest BCUT2D eigenvalue weighted by Crippen LogP contribution is 2.16. The number of aromatic amines is 1. The molecule has 82 valence electrons. The first kappa shape index (κ1) is 11.0. The summed E-state index contributed by atoms with van der Waals surface area (Å²) in [5.41, 5.74) is 1.44. The predicted octanol–water partition coefficient (Wildman–Crippen LogP) is 3.05. The van der Waals surface area contributed by atoms with Crippen molar-refractivity contribution in [3.05, 3.63) is 52.8 Å². The Morgan fingerprint density at radius 3 is 2.56 bits per heavy atom. The number of para-hydroxylation sites is 1. The van der Waals surface area contributed by atoms with E-state index >= 15 is 0 Å². The van der Waals surface area contributed by atoms with Crippen LogP contribution in [0.5, 0.6) is 0 Å². The first-order chi connectivity index (χ1) is 7.68. The van der Waals surface area contributed by atoms with Gasteiger partial charge in [0.15, 0.2) is 0 Å². The number of hydrogen-bond donors (Lipinski definition) is 1. The van der Waals surface area contributed by atoms with Gasteiger partial charge in [0.1, 0.15) is 5.69 Å². The number of aromatic nitrogens is 1. The van der Waals surface area contributed by atoms with Crippen LogP contribution in [0.1, 0.15) is 10.5 Å². The largest absolute Gasteiger partial charge is 0.356 e. The van der Waals surface area contributed by atoms with Crippen LogP contribution in [0, 0.1) is 0 Å². The monoisotopic (exact) mass is 278 g/mol. The van der Waals surface area contributed by atoms with Crippen molar-refractivity contribution in [3.8, 4) is 0 Å². The number of amides is 1. The van der Waals surface area contributed by atoms with Crippen molar-refractivity contribution < 1.29 is 4.79 Å². The molecule has 2 aromatic rings. The van der Waals surface area contributed by atoms with E-state index in [1.54, 1.807) is 24.2 Å². The van der Waals surface area contributed by atoms with Crippen molar-refractivity contribution in [2.24, 2.45) is 0 Å². The quantitative estimate of drug-likeness (QED) is 0.901. The number of hydrogen-bond acceptors (Lipinski definition) is 1. The van der Waals surface area contributed by atoms with Crippen LogP contribution in [0.4, 0.5) is 5.69 Å². The maximum Gasteiger partial charge on any atom is 0.274 e. The van der Waals surface area contributed by atoms with Gasteiger partial charge in [-0.3, -0.25) is 4.79 Å². The van der Waals surface area contributed by atoms with Gasteiger partial charge in [0.2, 0.25) is 0 Å². The molecule has 0 fully saturated rings. The second-order valence-electron chi connectivity index (χ2n) is 3.43. The average Bonchev–Trinajstić information content (AvgIpc) is 2.75. The van der Waals surface area contributed by atoms with E-state index in [0.717, 1.165) is 10.2 Å². The van der Waals surface area contributed by atoms with Crippen LogP contribution in [-0.2, 0) is 0 Å². The Morgan fingerprint density at radius 1 is 1.31 bits per heavy atom. The second kappa shape index (κ2) is 4.53. The van der Waals surface area contributed by atoms with Crippen LogP contribution in [-0.4, -0.2) is 17.9 Å². The molecule has 16 heavy (non-hydrogen) atoms. The van der Waals surface area contributed by atoms with Crippen LogP contribution in [0.2, 0.25) is 0 Å². The Bertz CT molecular complexity index is 493. The molecule has 3 nitrogen and oxygen atoms in total. The first-order valence-electron chi connectivity index (χ1n) is 4.85. The van der Waals surface area contributed by atoms with E-state index in [1.165, 1.54) is 0 Å². The molecule has 4 heteroatoms. The molecule has 1 heterocycles. The molecule has 0 aliphatic heterocycles. The normalized spacial score (nSPS) is 10.1. The van der Waals surface area contributed by atoms with Gasteiger partial charge < -0.3 is 9.88 Å². The number of nitrogens with zero attached hydrogens (tertiary/aromatic N) is 1. The highest BCUT2D eigenvalue weighted by molar-refractivity contribution is 9.10. The highest BCUT2D eigenvalue weighted by Gasteiger charge is 2.14. The van der Waals surface area contributed by atoms with Gasteiger partial charge in [0, 0.05) is 23.4 Å². The van der Waals surface area contributed by atoms with E-state index in [-0.39, 0.29) is 5.91 Å². The van der Waals surface area contributed by atoms with Gasteiger partial charge in [0.25, 0.3) is 5.91 Å². The van der Waals surface area contributed by atoms with Crippen LogP contribution in [0.3, 0.4) is 0 Å². The Balaban J connectivity index is 2.23. The van der Waals surface area contributed by atoms with E-state index in [1.807, 2.05) is 30.3 Å². The lowest BCUT2D eigenvalue weighted by Gasteiger charge is -2.16. The van der Waals surface area contributed by atoms with Gasteiger partial charge in [-0.05, 0) is 34.1 Å². The number of halogens is 1. The molecule has 0 saturated heterocycles. The smallest absolute Gasteiger partial charge is 0.274 e. The summed E-state index contributed by atoms with van der Waals surface area (Å²) < 4.78 is 0.873. The third-order valence-corrected chi connectivity index (χ3v) is 2.78. The van der Waals surface area contributed by atoms with Crippen LogP contribution < -0.4 is 4.90 Å². The summed E-state index contributed by atoms with van der Waals surface area (Å²) in [6, 6.07) is 11.3. The van der Waals surface area contributed by atoms with E-state index < -0.39 is 0 Å². The number of nitrogens with one attached hydrogen (secondary N) is 1. The van der Waals surface area contributed by atoms with Crippen LogP contribution in [0.15, 0.2) is 47.1 Å². The molecule has 2 rings (SSSR count). The Hall–Kier alpha value is -1.55. The summed E-state index contributed by atoms with van der Waals surface area (Å²) in [6.45, 7) is 0. The van der Waals surface area contributed by atoms with Crippen molar-refractivity contribution in [3.63, 3.8) is 0 Å². The van der Waals surface area contributed by atoms with Crippen molar-refractivity contribution in [1.82, 2.24) is 4.98 Å². The van der Waals surface area contributed by atoms with Gasteiger partial charge in [-0.25, -0.2) is 0 Å². The lowest BCUT2D eigenvalue weighted by molar-refractivity contribution is 0.0989. The topological polar surface area (TPSA) is 36.1 Å². The highest BCUT2D eigenvalue weighted by atomic mass is 79.9. The SMILES string of the molecule is CN(C(=O)c1cc(Br)c[nH]1)c1ccccc1. The van der Waals surface area contributed by atoms with Crippen molar-refractivity contribution in [2.75, 3.05) is 11.9 Å². The zero-order valence-corrected chi connectivity index (χ0v) is 10.4. The third kappa shape index (κ3) is 2.17. The molecule has 0 aliphatic rings. The maximum atomic E-state index is 12.0. The lowest BCUT2D eigenvalue weighted by Crippen LogP contribution is -2.26. The van der Waals surface area contributed by atoms with Gasteiger partial charge in [-0.2, -0.15) is 0 Å². The summed E-state index contributed by atoms with van der Waals surface area (Å²) in [5.74, 6) is -0.0584. The molecule has 1 aromatic carbocycles. The fraction of sp³-hybridized carbons (Fsp3) is 0.0833. The molecule has 0 unspecified atom stereocenters. The van der Waals surface area contributed by atoms with Crippen molar-refractivity contribution >= 4 is 27.5 Å². The molecule has 1 aromatic heterocycles. The molecule has 0 spiro atoms. The third-order valence-electron chi connectivity index (χ3n) is 2.33. The van der Waals surface area contributed by atoms with Gasteiger partial charge in [-0.15, -0.1) is 0 Å². The minimum absolute atomic E-state index is 0.0584. The number of anilines is 1. The van der Waals surface area contributed by atoms with Crippen molar-refractivity contribution in [1.29, 1.82) is 0 Å². The standard InChI is InChI=1S/C12H11BrN2O/c1-15(10-5-3-2-4-6-10)12(16)11-7-9(13)8-14-11/h2-8,14H,1H3. The molecule has 0 saturated carbocycles. The van der Waals surface area contributed by atoms with Gasteiger partial charge in [-0.1, -0.05) is 18.2 Å². The fourth-order valence-corrected chi connectivity index (χ4v) is 1.78. The summed E-state index contributed by atoms with van der Waals surface area (Å²) >= 11 is 3.30. The minimum Gasteiger partial charge on any atom is -0.356 e. The molecule has 1 amide bonds. The fourth-order valence-electron chi connectivity index (χ4n) is 1.44.